The van der Waals surface area contributed by atoms with E-state index in [0.29, 0.717) is 18.3 Å². The average molecular weight is 352 g/mol. The molecule has 2 aromatic carbocycles. The standard InChI is InChI=1S/C19H17FN4O2/c1-2-26-17-10-6-5-9-16(17)24-19-21-11-13(12-22-19)18(25)23-15-8-4-3-7-14(15)20/h3-12H,2H2,1H3,(H,23,25)(H,21,22,24). The van der Waals surface area contributed by atoms with Crippen molar-refractivity contribution in [3.63, 3.8) is 0 Å². The molecule has 6 nitrogen and oxygen atoms in total. The zero-order chi connectivity index (χ0) is 18.4. The smallest absolute Gasteiger partial charge is 0.258 e. The molecule has 0 fully saturated rings. The van der Waals surface area contributed by atoms with Crippen LogP contribution in [0.4, 0.5) is 21.7 Å². The van der Waals surface area contributed by atoms with Crippen LogP contribution in [0, 0.1) is 5.82 Å². The lowest BCUT2D eigenvalue weighted by Crippen LogP contribution is -2.14. The van der Waals surface area contributed by atoms with Gasteiger partial charge in [-0.25, -0.2) is 14.4 Å². The number of benzene rings is 2. The Morgan fingerprint density at radius 2 is 1.69 bits per heavy atom. The van der Waals surface area contributed by atoms with Crippen molar-refractivity contribution in [3.05, 3.63) is 72.3 Å². The fourth-order valence-corrected chi connectivity index (χ4v) is 2.24. The molecule has 1 aromatic heterocycles. The summed E-state index contributed by atoms with van der Waals surface area (Å²) >= 11 is 0. The van der Waals surface area contributed by atoms with Crippen LogP contribution < -0.4 is 15.4 Å². The summed E-state index contributed by atoms with van der Waals surface area (Å²) in [6.45, 7) is 2.44. The summed E-state index contributed by atoms with van der Waals surface area (Å²) in [5.41, 5.74) is 1.04. The molecule has 26 heavy (non-hydrogen) atoms. The molecule has 0 radical (unpaired) electrons. The lowest BCUT2D eigenvalue weighted by molar-refractivity contribution is 0.102. The molecule has 0 atom stereocenters. The molecule has 0 aliphatic rings. The van der Waals surface area contributed by atoms with Gasteiger partial charge in [-0.3, -0.25) is 4.79 Å². The lowest BCUT2D eigenvalue weighted by atomic mass is 10.2. The van der Waals surface area contributed by atoms with Crippen LogP contribution in [0.2, 0.25) is 0 Å². The number of nitrogens with zero attached hydrogens (tertiary/aromatic N) is 2. The van der Waals surface area contributed by atoms with E-state index in [4.69, 9.17) is 4.74 Å². The molecule has 1 heterocycles. The third-order valence-electron chi connectivity index (χ3n) is 3.47. The van der Waals surface area contributed by atoms with Crippen LogP contribution in [0.3, 0.4) is 0 Å². The van der Waals surface area contributed by atoms with E-state index >= 15 is 0 Å². The maximum Gasteiger partial charge on any atom is 0.258 e. The second-order valence-electron chi connectivity index (χ2n) is 5.28. The fourth-order valence-electron chi connectivity index (χ4n) is 2.24. The molecule has 7 heteroatoms. The summed E-state index contributed by atoms with van der Waals surface area (Å²) in [5.74, 6) is 0.00326. The van der Waals surface area contributed by atoms with Crippen LogP contribution in [0.1, 0.15) is 17.3 Å². The Morgan fingerprint density at radius 1 is 1.04 bits per heavy atom. The largest absolute Gasteiger partial charge is 0.492 e. The Labute approximate surface area is 150 Å². The van der Waals surface area contributed by atoms with E-state index < -0.39 is 11.7 Å². The Hall–Kier alpha value is -3.48. The highest BCUT2D eigenvalue weighted by molar-refractivity contribution is 6.03. The first kappa shape index (κ1) is 17.3. The van der Waals surface area contributed by atoms with E-state index in [-0.39, 0.29) is 11.3 Å². The Balaban J connectivity index is 1.71. The van der Waals surface area contributed by atoms with Crippen molar-refractivity contribution < 1.29 is 13.9 Å². The summed E-state index contributed by atoms with van der Waals surface area (Å²) in [4.78, 5) is 20.4. The molecule has 3 rings (SSSR count). The fraction of sp³-hybridized carbons (Fsp3) is 0.105. The van der Waals surface area contributed by atoms with Gasteiger partial charge in [0.2, 0.25) is 5.95 Å². The number of ether oxygens (including phenoxy) is 1. The molecule has 2 N–H and O–H groups in total. The topological polar surface area (TPSA) is 76.1 Å². The van der Waals surface area contributed by atoms with E-state index in [1.807, 2.05) is 31.2 Å². The van der Waals surface area contributed by atoms with Gasteiger partial charge in [-0.1, -0.05) is 24.3 Å². The van der Waals surface area contributed by atoms with Gasteiger partial charge in [0.15, 0.2) is 0 Å². The number of carbonyl (C=O) groups is 1. The number of para-hydroxylation sites is 3. The van der Waals surface area contributed by atoms with Crippen molar-refractivity contribution in [2.24, 2.45) is 0 Å². The van der Waals surface area contributed by atoms with Gasteiger partial charge in [0.25, 0.3) is 5.91 Å². The molecular formula is C19H17FN4O2. The minimum atomic E-state index is -0.507. The van der Waals surface area contributed by atoms with Crippen LogP contribution in [0.25, 0.3) is 0 Å². The molecule has 0 bridgehead atoms. The number of hydrogen-bond donors (Lipinski definition) is 2. The molecule has 0 aliphatic heterocycles. The first-order chi connectivity index (χ1) is 12.7. The number of nitrogens with one attached hydrogen (secondary N) is 2. The molecule has 0 saturated heterocycles. The summed E-state index contributed by atoms with van der Waals surface area (Å²) in [5, 5.41) is 5.53. The zero-order valence-corrected chi connectivity index (χ0v) is 14.1. The molecule has 132 valence electrons. The Bertz CT molecular complexity index is 900. The van der Waals surface area contributed by atoms with Crippen molar-refractivity contribution in [1.29, 1.82) is 0 Å². The summed E-state index contributed by atoms with van der Waals surface area (Å²) in [7, 11) is 0. The third kappa shape index (κ3) is 4.13. The molecule has 3 aromatic rings. The van der Waals surface area contributed by atoms with Crippen molar-refractivity contribution >= 4 is 23.2 Å². The Kier molecular flexibility index (Phi) is 5.38. The number of aromatic nitrogens is 2. The quantitative estimate of drug-likeness (QED) is 0.701. The van der Waals surface area contributed by atoms with E-state index in [0.717, 1.165) is 5.69 Å². The SMILES string of the molecule is CCOc1ccccc1Nc1ncc(C(=O)Nc2ccccc2F)cn1. The highest BCUT2D eigenvalue weighted by atomic mass is 19.1. The lowest BCUT2D eigenvalue weighted by Gasteiger charge is -2.11. The molecule has 1 amide bonds. The number of carbonyl (C=O) groups excluding carboxylic acids is 1. The maximum atomic E-state index is 13.6. The highest BCUT2D eigenvalue weighted by Gasteiger charge is 2.11. The Morgan fingerprint density at radius 3 is 2.38 bits per heavy atom. The highest BCUT2D eigenvalue weighted by Crippen LogP contribution is 2.25. The predicted molar refractivity (Wildman–Crippen MR) is 97.3 cm³/mol. The van der Waals surface area contributed by atoms with Crippen LogP contribution in [-0.4, -0.2) is 22.5 Å². The minimum Gasteiger partial charge on any atom is -0.492 e. The van der Waals surface area contributed by atoms with Crippen molar-refractivity contribution in [3.8, 4) is 5.75 Å². The molecule has 0 spiro atoms. The predicted octanol–water partition coefficient (Wildman–Crippen LogP) is 4.01. The third-order valence-corrected chi connectivity index (χ3v) is 3.47. The number of rotatable bonds is 6. The number of halogens is 1. The van der Waals surface area contributed by atoms with Crippen molar-refractivity contribution in [2.45, 2.75) is 6.92 Å². The molecule has 0 unspecified atom stereocenters. The van der Waals surface area contributed by atoms with E-state index in [9.17, 15) is 9.18 Å². The maximum absolute atomic E-state index is 13.6. The van der Waals surface area contributed by atoms with Gasteiger partial charge >= 0.3 is 0 Å². The van der Waals surface area contributed by atoms with Gasteiger partial charge < -0.3 is 15.4 Å². The number of anilines is 3. The van der Waals surface area contributed by atoms with Crippen molar-refractivity contribution in [2.75, 3.05) is 17.2 Å². The van der Waals surface area contributed by atoms with E-state index in [2.05, 4.69) is 20.6 Å². The van der Waals surface area contributed by atoms with Crippen LogP contribution in [-0.2, 0) is 0 Å². The van der Waals surface area contributed by atoms with Gasteiger partial charge in [0.1, 0.15) is 11.6 Å². The monoisotopic (exact) mass is 352 g/mol. The molecular weight excluding hydrogens is 335 g/mol. The van der Waals surface area contributed by atoms with Gasteiger partial charge in [-0.2, -0.15) is 0 Å². The summed E-state index contributed by atoms with van der Waals surface area (Å²) in [6.07, 6.45) is 2.74. The normalized spacial score (nSPS) is 10.2. The van der Waals surface area contributed by atoms with E-state index in [1.54, 1.807) is 12.1 Å². The number of amides is 1. The van der Waals surface area contributed by atoms with Gasteiger partial charge in [-0.15, -0.1) is 0 Å². The van der Waals surface area contributed by atoms with Crippen LogP contribution in [0.5, 0.6) is 5.75 Å². The summed E-state index contributed by atoms with van der Waals surface area (Å²) < 4.78 is 19.1. The number of hydrogen-bond acceptors (Lipinski definition) is 5. The molecule has 0 saturated carbocycles. The van der Waals surface area contributed by atoms with Crippen LogP contribution >= 0.6 is 0 Å². The van der Waals surface area contributed by atoms with Gasteiger partial charge in [0.05, 0.1) is 23.5 Å². The van der Waals surface area contributed by atoms with Gasteiger partial charge in [0, 0.05) is 12.4 Å². The van der Waals surface area contributed by atoms with Crippen molar-refractivity contribution in [1.82, 2.24) is 9.97 Å². The zero-order valence-electron chi connectivity index (χ0n) is 14.1. The molecule has 0 aliphatic carbocycles. The first-order valence-electron chi connectivity index (χ1n) is 8.04. The van der Waals surface area contributed by atoms with Gasteiger partial charge in [-0.05, 0) is 31.2 Å². The minimum absolute atomic E-state index is 0.102. The van der Waals surface area contributed by atoms with E-state index in [1.165, 1.54) is 24.5 Å². The van der Waals surface area contributed by atoms with Crippen LogP contribution in [0.15, 0.2) is 60.9 Å². The summed E-state index contributed by atoms with van der Waals surface area (Å²) in [6, 6.07) is 13.3. The average Bonchev–Trinajstić information content (AvgIpc) is 2.66. The second-order valence-corrected chi connectivity index (χ2v) is 5.28. The first-order valence-corrected chi connectivity index (χ1v) is 8.04. The second kappa shape index (κ2) is 8.06.